The lowest BCUT2D eigenvalue weighted by molar-refractivity contribution is -0.116. The van der Waals surface area contributed by atoms with Gasteiger partial charge in [0.15, 0.2) is 0 Å². The van der Waals surface area contributed by atoms with Gasteiger partial charge in [0.25, 0.3) is 0 Å². The summed E-state index contributed by atoms with van der Waals surface area (Å²) >= 11 is 0. The van der Waals surface area contributed by atoms with Crippen molar-refractivity contribution in [2.45, 2.75) is 32.2 Å². The SMILES string of the molecule is C#CCCCCC(=O)Nc1ccccc1CN. The Morgan fingerprint density at radius 1 is 1.35 bits per heavy atom. The number of para-hydroxylation sites is 1. The maximum atomic E-state index is 11.6. The van der Waals surface area contributed by atoms with Crippen LogP contribution < -0.4 is 11.1 Å². The third kappa shape index (κ3) is 4.71. The average molecular weight is 230 g/mol. The zero-order valence-electron chi connectivity index (χ0n) is 9.91. The molecule has 0 aliphatic heterocycles. The number of amides is 1. The van der Waals surface area contributed by atoms with Crippen LogP contribution in [0.3, 0.4) is 0 Å². The molecular formula is C14H18N2O. The molecule has 0 unspecified atom stereocenters. The Morgan fingerprint density at radius 3 is 2.82 bits per heavy atom. The summed E-state index contributed by atoms with van der Waals surface area (Å²) in [6.45, 7) is 0.424. The van der Waals surface area contributed by atoms with E-state index in [1.807, 2.05) is 24.3 Å². The fraction of sp³-hybridized carbons (Fsp3) is 0.357. The van der Waals surface area contributed by atoms with E-state index in [4.69, 9.17) is 12.2 Å². The molecule has 1 rings (SSSR count). The lowest BCUT2D eigenvalue weighted by atomic mass is 10.1. The van der Waals surface area contributed by atoms with Gasteiger partial charge in [0, 0.05) is 25.1 Å². The standard InChI is InChI=1S/C14H18N2O/c1-2-3-4-5-10-14(17)16-13-9-7-6-8-12(13)11-15/h1,6-9H,3-5,10-11,15H2,(H,16,17). The van der Waals surface area contributed by atoms with E-state index in [1.165, 1.54) is 0 Å². The number of rotatable bonds is 6. The molecule has 0 heterocycles. The van der Waals surface area contributed by atoms with Gasteiger partial charge in [0.05, 0.1) is 0 Å². The van der Waals surface area contributed by atoms with Crippen LogP contribution in [0, 0.1) is 12.3 Å². The van der Waals surface area contributed by atoms with Crippen LogP contribution in [-0.2, 0) is 11.3 Å². The fourth-order valence-corrected chi connectivity index (χ4v) is 1.55. The number of carbonyl (C=O) groups excluding carboxylic acids is 1. The minimum Gasteiger partial charge on any atom is -0.326 e. The Kier molecular flexibility index (Phi) is 5.84. The Labute approximate surface area is 102 Å². The van der Waals surface area contributed by atoms with Crippen molar-refractivity contribution >= 4 is 11.6 Å². The first kappa shape index (κ1) is 13.3. The molecule has 3 N–H and O–H groups in total. The highest BCUT2D eigenvalue weighted by Gasteiger charge is 2.04. The molecule has 1 amide bonds. The summed E-state index contributed by atoms with van der Waals surface area (Å²) < 4.78 is 0. The molecule has 1 aromatic rings. The minimum atomic E-state index is 0.0166. The number of nitrogens with one attached hydrogen (secondary N) is 1. The largest absolute Gasteiger partial charge is 0.326 e. The molecule has 0 aliphatic rings. The van der Waals surface area contributed by atoms with Crippen molar-refractivity contribution in [2.24, 2.45) is 5.73 Å². The molecule has 0 aromatic heterocycles. The van der Waals surface area contributed by atoms with E-state index in [9.17, 15) is 4.79 Å². The van der Waals surface area contributed by atoms with Crippen molar-refractivity contribution < 1.29 is 4.79 Å². The van der Waals surface area contributed by atoms with Gasteiger partial charge < -0.3 is 11.1 Å². The monoisotopic (exact) mass is 230 g/mol. The van der Waals surface area contributed by atoms with Crippen LogP contribution in [0.4, 0.5) is 5.69 Å². The van der Waals surface area contributed by atoms with Gasteiger partial charge in [-0.3, -0.25) is 4.79 Å². The summed E-state index contributed by atoms with van der Waals surface area (Å²) in [5.41, 5.74) is 7.34. The van der Waals surface area contributed by atoms with Crippen molar-refractivity contribution in [1.82, 2.24) is 0 Å². The highest BCUT2D eigenvalue weighted by molar-refractivity contribution is 5.91. The molecule has 3 heteroatoms. The van der Waals surface area contributed by atoms with Gasteiger partial charge in [-0.25, -0.2) is 0 Å². The third-order valence-electron chi connectivity index (χ3n) is 2.49. The Hall–Kier alpha value is -1.79. The van der Waals surface area contributed by atoms with Crippen LogP contribution in [0.1, 0.15) is 31.2 Å². The molecule has 0 aliphatic carbocycles. The van der Waals surface area contributed by atoms with Crippen LogP contribution in [0.15, 0.2) is 24.3 Å². The lowest BCUT2D eigenvalue weighted by Gasteiger charge is -2.09. The number of nitrogens with two attached hydrogens (primary N) is 1. The second-order valence-electron chi connectivity index (χ2n) is 3.82. The summed E-state index contributed by atoms with van der Waals surface area (Å²) in [5.74, 6) is 2.58. The number of anilines is 1. The first-order valence-corrected chi connectivity index (χ1v) is 5.79. The Morgan fingerprint density at radius 2 is 2.12 bits per heavy atom. The smallest absolute Gasteiger partial charge is 0.224 e. The molecule has 0 fully saturated rings. The summed E-state index contributed by atoms with van der Waals surface area (Å²) in [4.78, 5) is 11.6. The normalized spacial score (nSPS) is 9.65. The van der Waals surface area contributed by atoms with Gasteiger partial charge >= 0.3 is 0 Å². The van der Waals surface area contributed by atoms with Gasteiger partial charge in [-0.1, -0.05) is 18.2 Å². The zero-order valence-corrected chi connectivity index (χ0v) is 9.91. The van der Waals surface area contributed by atoms with E-state index < -0.39 is 0 Å². The van der Waals surface area contributed by atoms with E-state index in [0.717, 1.165) is 30.5 Å². The molecule has 17 heavy (non-hydrogen) atoms. The topological polar surface area (TPSA) is 55.1 Å². The molecule has 0 bridgehead atoms. The summed E-state index contributed by atoms with van der Waals surface area (Å²) in [6, 6.07) is 7.56. The van der Waals surface area contributed by atoms with Gasteiger partial charge in [0.2, 0.25) is 5.91 Å². The van der Waals surface area contributed by atoms with Crippen LogP contribution >= 0.6 is 0 Å². The molecule has 0 saturated heterocycles. The number of carbonyl (C=O) groups is 1. The average Bonchev–Trinajstić information content (AvgIpc) is 2.35. The van der Waals surface area contributed by atoms with Crippen molar-refractivity contribution in [3.63, 3.8) is 0 Å². The maximum absolute atomic E-state index is 11.6. The quantitative estimate of drug-likeness (QED) is 0.582. The van der Waals surface area contributed by atoms with Crippen molar-refractivity contribution in [3.05, 3.63) is 29.8 Å². The van der Waals surface area contributed by atoms with E-state index in [1.54, 1.807) is 0 Å². The van der Waals surface area contributed by atoms with Crippen molar-refractivity contribution in [2.75, 3.05) is 5.32 Å². The van der Waals surface area contributed by atoms with Gasteiger partial charge in [-0.05, 0) is 24.5 Å². The summed E-state index contributed by atoms with van der Waals surface area (Å²) in [5, 5.41) is 2.87. The molecule has 0 atom stereocenters. The number of unbranched alkanes of at least 4 members (excludes halogenated alkanes) is 2. The Balaban J connectivity index is 2.42. The number of hydrogen-bond donors (Lipinski definition) is 2. The number of benzene rings is 1. The second-order valence-corrected chi connectivity index (χ2v) is 3.82. The molecular weight excluding hydrogens is 212 g/mol. The molecule has 0 spiro atoms. The molecule has 0 saturated carbocycles. The lowest BCUT2D eigenvalue weighted by Crippen LogP contribution is -2.13. The van der Waals surface area contributed by atoms with Gasteiger partial charge in [-0.15, -0.1) is 12.3 Å². The van der Waals surface area contributed by atoms with Crippen LogP contribution in [0.25, 0.3) is 0 Å². The van der Waals surface area contributed by atoms with E-state index >= 15 is 0 Å². The molecule has 90 valence electrons. The minimum absolute atomic E-state index is 0.0166. The number of terminal acetylenes is 1. The molecule has 3 nitrogen and oxygen atoms in total. The summed E-state index contributed by atoms with van der Waals surface area (Å²) in [6.07, 6.45) is 8.08. The van der Waals surface area contributed by atoms with Crippen molar-refractivity contribution in [1.29, 1.82) is 0 Å². The number of hydrogen-bond acceptors (Lipinski definition) is 2. The molecule has 1 aromatic carbocycles. The Bertz CT molecular complexity index is 407. The predicted molar refractivity (Wildman–Crippen MR) is 70.3 cm³/mol. The third-order valence-corrected chi connectivity index (χ3v) is 2.49. The highest BCUT2D eigenvalue weighted by atomic mass is 16.1. The maximum Gasteiger partial charge on any atom is 0.224 e. The van der Waals surface area contributed by atoms with Crippen LogP contribution in [-0.4, -0.2) is 5.91 Å². The first-order valence-electron chi connectivity index (χ1n) is 5.79. The van der Waals surface area contributed by atoms with Crippen LogP contribution in [0.2, 0.25) is 0 Å². The van der Waals surface area contributed by atoms with Crippen molar-refractivity contribution in [3.8, 4) is 12.3 Å². The first-order chi connectivity index (χ1) is 8.27. The van der Waals surface area contributed by atoms with E-state index in [2.05, 4.69) is 11.2 Å². The van der Waals surface area contributed by atoms with E-state index in [-0.39, 0.29) is 5.91 Å². The fourth-order valence-electron chi connectivity index (χ4n) is 1.55. The highest BCUT2D eigenvalue weighted by Crippen LogP contribution is 2.14. The summed E-state index contributed by atoms with van der Waals surface area (Å²) in [7, 11) is 0. The predicted octanol–water partition coefficient (Wildman–Crippen LogP) is 2.28. The zero-order chi connectivity index (χ0) is 12.5. The molecule has 0 radical (unpaired) electrons. The van der Waals surface area contributed by atoms with E-state index in [0.29, 0.717) is 13.0 Å². The van der Waals surface area contributed by atoms with Crippen LogP contribution in [0.5, 0.6) is 0 Å². The van der Waals surface area contributed by atoms with Gasteiger partial charge in [-0.2, -0.15) is 0 Å². The second kappa shape index (κ2) is 7.48. The van der Waals surface area contributed by atoms with Gasteiger partial charge in [0.1, 0.15) is 0 Å².